The zero-order chi connectivity index (χ0) is 20.8. The minimum atomic E-state index is -0.205. The van der Waals surface area contributed by atoms with Crippen molar-refractivity contribution >= 4 is 22.5 Å². The molecule has 0 aliphatic carbocycles. The Balaban J connectivity index is 1.65. The van der Waals surface area contributed by atoms with E-state index in [1.807, 2.05) is 6.07 Å². The third kappa shape index (κ3) is 4.52. The molecule has 0 spiro atoms. The molecule has 1 N–H and O–H groups in total. The van der Waals surface area contributed by atoms with Gasteiger partial charge in [0.1, 0.15) is 0 Å². The molecule has 0 saturated carbocycles. The van der Waals surface area contributed by atoms with Crippen molar-refractivity contribution < 1.29 is 14.3 Å². The number of nitrogens with one attached hydrogen (secondary N) is 1. The van der Waals surface area contributed by atoms with Gasteiger partial charge in [-0.15, -0.1) is 0 Å². The van der Waals surface area contributed by atoms with E-state index in [0.717, 1.165) is 0 Å². The zero-order valence-electron chi connectivity index (χ0n) is 16.1. The summed E-state index contributed by atoms with van der Waals surface area (Å²) in [5.41, 5.74) is 1.46. The Morgan fingerprint density at radius 3 is 2.52 bits per heavy atom. The van der Waals surface area contributed by atoms with Crippen LogP contribution in [0.5, 0.6) is 11.5 Å². The molecule has 8 heteroatoms. The molecule has 0 fully saturated rings. The number of fused-ring (bicyclic) bond motifs is 1. The molecule has 0 saturated heterocycles. The molecule has 0 unspecified atom stereocenters. The number of rotatable bonds is 7. The van der Waals surface area contributed by atoms with E-state index < -0.39 is 0 Å². The average molecular weight is 392 g/mol. The summed E-state index contributed by atoms with van der Waals surface area (Å²) in [6.45, 7) is 0.358. The van der Waals surface area contributed by atoms with Crippen LogP contribution in [0.2, 0.25) is 0 Å². The number of anilines is 1. The zero-order valence-corrected chi connectivity index (χ0v) is 16.1. The van der Waals surface area contributed by atoms with Gasteiger partial charge in [0, 0.05) is 24.7 Å². The first kappa shape index (κ1) is 19.9. The highest BCUT2D eigenvalue weighted by Gasteiger charge is 2.11. The topological polar surface area (TPSA) is 106 Å². The van der Waals surface area contributed by atoms with E-state index in [9.17, 15) is 9.59 Å². The Morgan fingerprint density at radius 1 is 1.17 bits per heavy atom. The molecule has 0 aliphatic heterocycles. The first-order valence-electron chi connectivity index (χ1n) is 8.97. The van der Waals surface area contributed by atoms with Gasteiger partial charge in [-0.3, -0.25) is 14.2 Å². The summed E-state index contributed by atoms with van der Waals surface area (Å²) in [6.07, 6.45) is 2.19. The van der Waals surface area contributed by atoms with Crippen molar-refractivity contribution in [3.8, 4) is 17.6 Å². The highest BCUT2D eigenvalue weighted by Crippen LogP contribution is 2.29. The smallest absolute Gasteiger partial charge is 0.261 e. The number of carbonyl (C=O) groups is 1. The lowest BCUT2D eigenvalue weighted by molar-refractivity contribution is -0.116. The molecule has 0 bridgehead atoms. The maximum Gasteiger partial charge on any atom is 0.261 e. The van der Waals surface area contributed by atoms with Gasteiger partial charge in [0.2, 0.25) is 5.91 Å². The van der Waals surface area contributed by atoms with Gasteiger partial charge in [-0.25, -0.2) is 4.98 Å². The van der Waals surface area contributed by atoms with Gasteiger partial charge in [-0.05, 0) is 36.8 Å². The summed E-state index contributed by atoms with van der Waals surface area (Å²) >= 11 is 0. The van der Waals surface area contributed by atoms with Crippen LogP contribution in [0.4, 0.5) is 5.69 Å². The molecule has 29 heavy (non-hydrogen) atoms. The molecule has 1 heterocycles. The van der Waals surface area contributed by atoms with E-state index in [2.05, 4.69) is 10.3 Å². The lowest BCUT2D eigenvalue weighted by atomic mass is 10.2. The number of nitriles is 1. The quantitative estimate of drug-likeness (QED) is 0.663. The monoisotopic (exact) mass is 392 g/mol. The summed E-state index contributed by atoms with van der Waals surface area (Å²) in [5.74, 6) is 0.797. The van der Waals surface area contributed by atoms with E-state index in [4.69, 9.17) is 14.7 Å². The molecular weight excluding hydrogens is 372 g/mol. The van der Waals surface area contributed by atoms with Gasteiger partial charge in [-0.1, -0.05) is 0 Å². The van der Waals surface area contributed by atoms with Crippen LogP contribution in [-0.2, 0) is 11.3 Å². The van der Waals surface area contributed by atoms with Crippen molar-refractivity contribution in [2.45, 2.75) is 19.4 Å². The van der Waals surface area contributed by atoms with Crippen LogP contribution in [-0.4, -0.2) is 29.7 Å². The number of hydrogen-bond acceptors (Lipinski definition) is 6. The highest BCUT2D eigenvalue weighted by molar-refractivity contribution is 5.90. The predicted molar refractivity (Wildman–Crippen MR) is 108 cm³/mol. The molecule has 8 nitrogen and oxygen atoms in total. The van der Waals surface area contributed by atoms with Crippen molar-refractivity contribution in [1.82, 2.24) is 9.55 Å². The van der Waals surface area contributed by atoms with Crippen molar-refractivity contribution in [2.24, 2.45) is 0 Å². The van der Waals surface area contributed by atoms with Crippen LogP contribution in [0.25, 0.3) is 10.9 Å². The normalized spacial score (nSPS) is 10.4. The van der Waals surface area contributed by atoms with Gasteiger partial charge in [0.25, 0.3) is 5.56 Å². The summed E-state index contributed by atoms with van der Waals surface area (Å²) in [4.78, 5) is 29.1. The Kier molecular flexibility index (Phi) is 6.09. The molecular formula is C21H20N4O4. The second-order valence-corrected chi connectivity index (χ2v) is 6.31. The van der Waals surface area contributed by atoms with Crippen LogP contribution in [0.15, 0.2) is 47.5 Å². The number of nitrogens with zero attached hydrogens (tertiary/aromatic N) is 3. The van der Waals surface area contributed by atoms with Crippen LogP contribution >= 0.6 is 0 Å². The maximum absolute atomic E-state index is 12.7. The van der Waals surface area contributed by atoms with Gasteiger partial charge < -0.3 is 14.8 Å². The minimum absolute atomic E-state index is 0.164. The largest absolute Gasteiger partial charge is 0.493 e. The second-order valence-electron chi connectivity index (χ2n) is 6.31. The Hall–Kier alpha value is -3.86. The maximum atomic E-state index is 12.7. The average Bonchev–Trinajstić information content (AvgIpc) is 2.75. The van der Waals surface area contributed by atoms with Gasteiger partial charge in [0.05, 0.1) is 43.1 Å². The number of ether oxygens (including phenoxy) is 2. The number of methoxy groups -OCH3 is 2. The Morgan fingerprint density at radius 2 is 1.86 bits per heavy atom. The van der Waals surface area contributed by atoms with Crippen molar-refractivity contribution in [1.29, 1.82) is 5.26 Å². The second kappa shape index (κ2) is 8.89. The fourth-order valence-electron chi connectivity index (χ4n) is 2.91. The van der Waals surface area contributed by atoms with Crippen LogP contribution in [0.3, 0.4) is 0 Å². The number of hydrogen-bond donors (Lipinski definition) is 1. The fraction of sp³-hybridized carbons (Fsp3) is 0.238. The first-order chi connectivity index (χ1) is 14.0. The molecule has 1 aromatic heterocycles. The summed E-state index contributed by atoms with van der Waals surface area (Å²) in [6, 6.07) is 11.9. The number of carbonyl (C=O) groups excluding carboxylic acids is 1. The van der Waals surface area contributed by atoms with E-state index in [0.29, 0.717) is 46.6 Å². The molecule has 0 aliphatic rings. The Labute approximate surface area is 167 Å². The lowest BCUT2D eigenvalue weighted by Gasteiger charge is -2.10. The summed E-state index contributed by atoms with van der Waals surface area (Å²) in [5, 5.41) is 12.0. The number of benzene rings is 2. The summed E-state index contributed by atoms with van der Waals surface area (Å²) in [7, 11) is 3.03. The molecule has 148 valence electrons. The van der Waals surface area contributed by atoms with Gasteiger partial charge in [0.15, 0.2) is 11.5 Å². The molecule has 3 aromatic rings. The first-order valence-corrected chi connectivity index (χ1v) is 8.97. The van der Waals surface area contributed by atoms with Crippen molar-refractivity contribution in [3.05, 3.63) is 58.6 Å². The molecule has 0 atom stereocenters. The minimum Gasteiger partial charge on any atom is -0.493 e. The highest BCUT2D eigenvalue weighted by atomic mass is 16.5. The molecule has 0 radical (unpaired) electrons. The third-order valence-corrected chi connectivity index (χ3v) is 4.43. The molecule has 2 aromatic carbocycles. The van der Waals surface area contributed by atoms with Gasteiger partial charge >= 0.3 is 0 Å². The van der Waals surface area contributed by atoms with E-state index in [1.54, 1.807) is 36.4 Å². The van der Waals surface area contributed by atoms with Crippen molar-refractivity contribution in [3.63, 3.8) is 0 Å². The van der Waals surface area contributed by atoms with Crippen LogP contribution < -0.4 is 20.3 Å². The lowest BCUT2D eigenvalue weighted by Crippen LogP contribution is -2.22. The van der Waals surface area contributed by atoms with E-state index in [1.165, 1.54) is 25.1 Å². The SMILES string of the molecule is COc1cc2ncn(CCCC(=O)Nc3ccc(C#N)cc3)c(=O)c2cc1OC. The molecule has 3 rings (SSSR count). The number of aromatic nitrogens is 2. The number of aryl methyl sites for hydroxylation is 1. The van der Waals surface area contributed by atoms with E-state index >= 15 is 0 Å². The van der Waals surface area contributed by atoms with Gasteiger partial charge in [-0.2, -0.15) is 5.26 Å². The van der Waals surface area contributed by atoms with E-state index in [-0.39, 0.29) is 17.9 Å². The molecule has 1 amide bonds. The summed E-state index contributed by atoms with van der Waals surface area (Å²) < 4.78 is 12.0. The fourth-order valence-corrected chi connectivity index (χ4v) is 2.91. The van der Waals surface area contributed by atoms with Crippen molar-refractivity contribution in [2.75, 3.05) is 19.5 Å². The predicted octanol–water partition coefficient (Wildman–Crippen LogP) is 2.70. The number of amides is 1. The van der Waals surface area contributed by atoms with Crippen LogP contribution in [0.1, 0.15) is 18.4 Å². The third-order valence-electron chi connectivity index (χ3n) is 4.43. The Bertz CT molecular complexity index is 1130. The standard InChI is InChI=1S/C21H20N4O4/c1-28-18-10-16-17(11-19(18)29-2)23-13-25(21(16)27)9-3-4-20(26)24-15-7-5-14(12-22)6-8-15/h5-8,10-11,13H,3-4,9H2,1-2H3,(H,24,26). The van der Waals surface area contributed by atoms with Crippen LogP contribution in [0, 0.1) is 11.3 Å².